The number of carbonyl (C=O) groups is 1. The minimum Gasteiger partial charge on any atom is -0.496 e. The van der Waals surface area contributed by atoms with Gasteiger partial charge < -0.3 is 9.47 Å². The van der Waals surface area contributed by atoms with Gasteiger partial charge in [-0.1, -0.05) is 35.9 Å². The average molecular weight is 319 g/mol. The SMILES string of the molecule is COC(=O)c1c(CCCc2cccc(Cl)c2)cccc1OC. The van der Waals surface area contributed by atoms with Crippen LogP contribution < -0.4 is 4.74 Å². The summed E-state index contributed by atoms with van der Waals surface area (Å²) >= 11 is 5.99. The summed E-state index contributed by atoms with van der Waals surface area (Å²) in [6.45, 7) is 0. The van der Waals surface area contributed by atoms with E-state index in [9.17, 15) is 4.79 Å². The van der Waals surface area contributed by atoms with Gasteiger partial charge in [-0.15, -0.1) is 0 Å². The van der Waals surface area contributed by atoms with E-state index in [4.69, 9.17) is 21.1 Å². The lowest BCUT2D eigenvalue weighted by molar-refractivity contribution is 0.0595. The molecule has 2 aromatic carbocycles. The highest BCUT2D eigenvalue weighted by Crippen LogP contribution is 2.25. The maximum Gasteiger partial charge on any atom is 0.341 e. The lowest BCUT2D eigenvalue weighted by atomic mass is 9.99. The molecule has 0 heterocycles. The predicted octanol–water partition coefficient (Wildman–Crippen LogP) is 4.31. The van der Waals surface area contributed by atoms with Gasteiger partial charge in [-0.3, -0.25) is 0 Å². The van der Waals surface area contributed by atoms with Gasteiger partial charge in [0, 0.05) is 5.02 Å². The smallest absolute Gasteiger partial charge is 0.341 e. The third-order valence-electron chi connectivity index (χ3n) is 3.52. The highest BCUT2D eigenvalue weighted by atomic mass is 35.5. The van der Waals surface area contributed by atoms with Gasteiger partial charge in [-0.2, -0.15) is 0 Å². The number of esters is 1. The topological polar surface area (TPSA) is 35.5 Å². The zero-order chi connectivity index (χ0) is 15.9. The van der Waals surface area contributed by atoms with E-state index < -0.39 is 0 Å². The standard InChI is InChI=1S/C18H19ClO3/c1-21-16-11-5-9-14(17(16)18(20)22-2)8-3-6-13-7-4-10-15(19)12-13/h4-5,7,9-12H,3,6,8H2,1-2H3. The van der Waals surface area contributed by atoms with Gasteiger partial charge in [0.15, 0.2) is 0 Å². The summed E-state index contributed by atoms with van der Waals surface area (Å²) in [6.07, 6.45) is 2.59. The highest BCUT2D eigenvalue weighted by Gasteiger charge is 2.17. The molecule has 4 heteroatoms. The van der Waals surface area contributed by atoms with Crippen molar-refractivity contribution in [3.8, 4) is 5.75 Å². The molecule has 0 aliphatic heterocycles. The van der Waals surface area contributed by atoms with Crippen molar-refractivity contribution in [2.75, 3.05) is 14.2 Å². The molecule has 0 saturated carbocycles. The monoisotopic (exact) mass is 318 g/mol. The summed E-state index contributed by atoms with van der Waals surface area (Å²) in [5.74, 6) is 0.183. The second-order valence-corrected chi connectivity index (χ2v) is 5.41. The number of benzene rings is 2. The first-order valence-electron chi connectivity index (χ1n) is 7.14. The third kappa shape index (κ3) is 4.01. The van der Waals surface area contributed by atoms with Crippen LogP contribution in [0.5, 0.6) is 5.75 Å². The zero-order valence-electron chi connectivity index (χ0n) is 12.8. The van der Waals surface area contributed by atoms with Crippen LogP contribution in [0.4, 0.5) is 0 Å². The molecule has 0 unspecified atom stereocenters. The summed E-state index contributed by atoms with van der Waals surface area (Å²) in [6, 6.07) is 13.4. The molecule has 0 amide bonds. The second-order valence-electron chi connectivity index (χ2n) is 4.97. The fraction of sp³-hybridized carbons (Fsp3) is 0.278. The van der Waals surface area contributed by atoms with Crippen LogP contribution in [-0.4, -0.2) is 20.2 Å². The highest BCUT2D eigenvalue weighted by molar-refractivity contribution is 6.30. The van der Waals surface area contributed by atoms with Crippen LogP contribution in [0.2, 0.25) is 5.02 Å². The summed E-state index contributed by atoms with van der Waals surface area (Å²) in [4.78, 5) is 12.0. The molecule has 0 atom stereocenters. The number of hydrogen-bond donors (Lipinski definition) is 0. The minimum absolute atomic E-state index is 0.366. The van der Waals surface area contributed by atoms with Crippen LogP contribution in [0.1, 0.15) is 27.9 Å². The van der Waals surface area contributed by atoms with Crippen molar-refractivity contribution >= 4 is 17.6 Å². The molecule has 0 spiro atoms. The van der Waals surface area contributed by atoms with Crippen molar-refractivity contribution in [3.63, 3.8) is 0 Å². The molecule has 116 valence electrons. The van der Waals surface area contributed by atoms with Crippen molar-refractivity contribution in [1.29, 1.82) is 0 Å². The van der Waals surface area contributed by atoms with Crippen molar-refractivity contribution in [3.05, 3.63) is 64.2 Å². The molecular formula is C18H19ClO3. The number of halogens is 1. The van der Waals surface area contributed by atoms with Crippen LogP contribution in [0, 0.1) is 0 Å². The van der Waals surface area contributed by atoms with Crippen LogP contribution in [-0.2, 0) is 17.6 Å². The van der Waals surface area contributed by atoms with E-state index in [2.05, 4.69) is 6.07 Å². The van der Waals surface area contributed by atoms with Crippen molar-refractivity contribution in [1.82, 2.24) is 0 Å². The Morgan fingerprint density at radius 2 is 1.86 bits per heavy atom. The van der Waals surface area contributed by atoms with Gasteiger partial charge in [0.25, 0.3) is 0 Å². The zero-order valence-corrected chi connectivity index (χ0v) is 13.5. The summed E-state index contributed by atoms with van der Waals surface area (Å²) in [5, 5.41) is 0.745. The largest absolute Gasteiger partial charge is 0.496 e. The fourth-order valence-corrected chi connectivity index (χ4v) is 2.68. The Morgan fingerprint density at radius 1 is 1.09 bits per heavy atom. The van der Waals surface area contributed by atoms with E-state index in [-0.39, 0.29) is 5.97 Å². The average Bonchev–Trinajstić information content (AvgIpc) is 2.54. The Labute approximate surface area is 135 Å². The van der Waals surface area contributed by atoms with Crippen molar-refractivity contribution in [2.45, 2.75) is 19.3 Å². The van der Waals surface area contributed by atoms with Gasteiger partial charge in [0.1, 0.15) is 11.3 Å². The van der Waals surface area contributed by atoms with Crippen LogP contribution >= 0.6 is 11.6 Å². The first-order valence-corrected chi connectivity index (χ1v) is 7.52. The fourth-order valence-electron chi connectivity index (χ4n) is 2.46. The normalized spacial score (nSPS) is 10.3. The quantitative estimate of drug-likeness (QED) is 0.744. The second kappa shape index (κ2) is 7.85. The van der Waals surface area contributed by atoms with E-state index in [1.165, 1.54) is 12.7 Å². The number of aryl methyl sites for hydroxylation is 2. The molecule has 2 rings (SSSR count). The third-order valence-corrected chi connectivity index (χ3v) is 3.76. The molecule has 0 bridgehead atoms. The van der Waals surface area contributed by atoms with Crippen LogP contribution in [0.3, 0.4) is 0 Å². The van der Waals surface area contributed by atoms with Crippen molar-refractivity contribution < 1.29 is 14.3 Å². The molecule has 0 saturated heterocycles. The van der Waals surface area contributed by atoms with Gasteiger partial charge >= 0.3 is 5.97 Å². The Balaban J connectivity index is 2.11. The van der Waals surface area contributed by atoms with E-state index in [0.717, 1.165) is 29.8 Å². The van der Waals surface area contributed by atoms with Crippen LogP contribution in [0.25, 0.3) is 0 Å². The van der Waals surface area contributed by atoms with Crippen LogP contribution in [0.15, 0.2) is 42.5 Å². The lowest BCUT2D eigenvalue weighted by Gasteiger charge is -2.12. The number of rotatable bonds is 6. The van der Waals surface area contributed by atoms with E-state index >= 15 is 0 Å². The minimum atomic E-state index is -0.366. The predicted molar refractivity (Wildman–Crippen MR) is 87.8 cm³/mol. The Bertz CT molecular complexity index is 653. The molecule has 0 radical (unpaired) electrons. The Kier molecular flexibility index (Phi) is 5.84. The lowest BCUT2D eigenvalue weighted by Crippen LogP contribution is -2.08. The summed E-state index contributed by atoms with van der Waals surface area (Å²) < 4.78 is 10.1. The molecule has 2 aromatic rings. The van der Waals surface area contributed by atoms with Gasteiger partial charge in [-0.25, -0.2) is 4.79 Å². The maximum absolute atomic E-state index is 12.0. The summed E-state index contributed by atoms with van der Waals surface area (Å²) in [7, 11) is 2.93. The Morgan fingerprint density at radius 3 is 2.55 bits per heavy atom. The summed E-state index contributed by atoms with van der Waals surface area (Å²) in [5.41, 5.74) is 2.64. The molecule has 0 N–H and O–H groups in total. The first kappa shape index (κ1) is 16.4. The van der Waals surface area contributed by atoms with Gasteiger partial charge in [-0.05, 0) is 48.6 Å². The maximum atomic E-state index is 12.0. The number of hydrogen-bond acceptors (Lipinski definition) is 3. The first-order chi connectivity index (χ1) is 10.7. The van der Waals surface area contributed by atoms with E-state index in [1.807, 2.05) is 30.3 Å². The molecule has 22 heavy (non-hydrogen) atoms. The molecular weight excluding hydrogens is 300 g/mol. The molecule has 0 aromatic heterocycles. The number of methoxy groups -OCH3 is 2. The van der Waals surface area contributed by atoms with E-state index in [0.29, 0.717) is 11.3 Å². The molecule has 3 nitrogen and oxygen atoms in total. The molecule has 0 aliphatic carbocycles. The number of carbonyl (C=O) groups excluding carboxylic acids is 1. The number of ether oxygens (including phenoxy) is 2. The van der Waals surface area contributed by atoms with Gasteiger partial charge in [0.2, 0.25) is 0 Å². The van der Waals surface area contributed by atoms with E-state index in [1.54, 1.807) is 13.2 Å². The van der Waals surface area contributed by atoms with Crippen molar-refractivity contribution in [2.24, 2.45) is 0 Å². The Hall–Kier alpha value is -2.00. The van der Waals surface area contributed by atoms with Gasteiger partial charge in [0.05, 0.1) is 14.2 Å². The molecule has 0 aliphatic rings. The molecule has 0 fully saturated rings.